The van der Waals surface area contributed by atoms with Crippen LogP contribution in [0.25, 0.3) is 0 Å². The van der Waals surface area contributed by atoms with E-state index in [1.54, 1.807) is 6.92 Å². The summed E-state index contributed by atoms with van der Waals surface area (Å²) in [5.41, 5.74) is 0. The minimum absolute atomic E-state index is 0.211. The quantitative estimate of drug-likeness (QED) is 0.437. The molecule has 58 valence electrons. The first-order chi connectivity index (χ1) is 4.63. The Morgan fingerprint density at radius 3 is 2.20 bits per heavy atom. The molecule has 0 radical (unpaired) electrons. The largest absolute Gasteiger partial charge is 0.465 e. The van der Waals surface area contributed by atoms with E-state index in [0.29, 0.717) is 0 Å². The maximum Gasteiger partial charge on any atom is 0.346 e. The molecule has 3 nitrogen and oxygen atoms in total. The lowest BCUT2D eigenvalue weighted by atomic mass is 10.5. The lowest BCUT2D eigenvalue weighted by molar-refractivity contribution is -0.135. The summed E-state index contributed by atoms with van der Waals surface area (Å²) in [6, 6.07) is 0. The summed E-state index contributed by atoms with van der Waals surface area (Å²) in [5, 5.41) is 0. The third-order valence-corrected chi connectivity index (χ3v) is 1.98. The Hall–Kier alpha value is -0.640. The van der Waals surface area contributed by atoms with E-state index in [1.165, 1.54) is 19.4 Å². The van der Waals surface area contributed by atoms with Crippen LogP contribution in [0.5, 0.6) is 0 Å². The van der Waals surface area contributed by atoms with Crippen molar-refractivity contribution in [1.82, 2.24) is 0 Å². The van der Waals surface area contributed by atoms with Crippen LogP contribution >= 0.6 is 0 Å². The molecule has 0 aliphatic carbocycles. The molecule has 0 saturated carbocycles. The summed E-state index contributed by atoms with van der Waals surface area (Å²) in [7, 11) is 0.0158. The fourth-order valence-corrected chi connectivity index (χ4v) is 1.15. The number of carbonyl (C=O) groups excluding carboxylic acids is 1. The lowest BCUT2D eigenvalue weighted by Crippen LogP contribution is -2.08. The number of rotatable bonds is 2. The third kappa shape index (κ3) is 2.31. The molecule has 0 amide bonds. The molecule has 0 fully saturated rings. The Bertz CT molecular complexity index is 183. The summed E-state index contributed by atoms with van der Waals surface area (Å²) in [5.74, 6) is -0.525. The van der Waals surface area contributed by atoms with E-state index in [-0.39, 0.29) is 4.91 Å². The van der Waals surface area contributed by atoms with E-state index in [0.717, 1.165) is 0 Å². The zero-order valence-corrected chi connectivity index (χ0v) is 7.03. The summed E-state index contributed by atoms with van der Waals surface area (Å²) in [6.07, 6.45) is 2.92. The predicted octanol–water partition coefficient (Wildman–Crippen LogP) is 0.442. The Morgan fingerprint density at radius 2 is 2.10 bits per heavy atom. The van der Waals surface area contributed by atoms with Crippen LogP contribution in [0, 0.1) is 0 Å². The Morgan fingerprint density at radius 1 is 1.60 bits per heavy atom. The van der Waals surface area contributed by atoms with E-state index in [1.807, 2.05) is 0 Å². The van der Waals surface area contributed by atoms with Gasteiger partial charge in [-0.05, 0) is 6.92 Å². The first-order valence-corrected chi connectivity index (χ1v) is 4.27. The Kier molecular flexibility index (Phi) is 3.95. The van der Waals surface area contributed by atoms with Gasteiger partial charge in [-0.1, -0.05) is 6.08 Å². The van der Waals surface area contributed by atoms with Crippen LogP contribution < -0.4 is 0 Å². The van der Waals surface area contributed by atoms with Gasteiger partial charge in [0, 0.05) is 6.26 Å². The van der Waals surface area contributed by atoms with Crippen LogP contribution in [0.1, 0.15) is 6.92 Å². The monoisotopic (exact) mass is 162 g/mol. The van der Waals surface area contributed by atoms with Gasteiger partial charge in [-0.15, -0.1) is 0 Å². The van der Waals surface area contributed by atoms with E-state index in [2.05, 4.69) is 4.74 Å². The van der Waals surface area contributed by atoms with Gasteiger partial charge in [-0.3, -0.25) is 4.21 Å². The van der Waals surface area contributed by atoms with Crippen molar-refractivity contribution in [3.05, 3.63) is 11.0 Å². The molecule has 0 aromatic carbocycles. The lowest BCUT2D eigenvalue weighted by Gasteiger charge is -1.98. The van der Waals surface area contributed by atoms with Gasteiger partial charge < -0.3 is 4.74 Å². The topological polar surface area (TPSA) is 43.4 Å². The second-order valence-electron chi connectivity index (χ2n) is 1.60. The van der Waals surface area contributed by atoms with Crippen molar-refractivity contribution in [2.75, 3.05) is 13.4 Å². The molecule has 0 saturated heterocycles. The highest BCUT2D eigenvalue weighted by molar-refractivity contribution is 7.89. The second-order valence-corrected chi connectivity index (χ2v) is 2.95. The second kappa shape index (κ2) is 4.22. The minimum atomic E-state index is -1.25. The highest BCUT2D eigenvalue weighted by Gasteiger charge is 2.10. The normalized spacial score (nSPS) is 14.5. The molecule has 0 N–H and O–H groups in total. The highest BCUT2D eigenvalue weighted by Crippen LogP contribution is 2.00. The van der Waals surface area contributed by atoms with Crippen LogP contribution in [0.4, 0.5) is 0 Å². The third-order valence-electron chi connectivity index (χ3n) is 0.958. The van der Waals surface area contributed by atoms with Crippen molar-refractivity contribution in [2.45, 2.75) is 6.92 Å². The van der Waals surface area contributed by atoms with Gasteiger partial charge in [-0.2, -0.15) is 0 Å². The van der Waals surface area contributed by atoms with Crippen LogP contribution in [0.3, 0.4) is 0 Å². The molecule has 1 unspecified atom stereocenters. The zero-order chi connectivity index (χ0) is 8.15. The van der Waals surface area contributed by atoms with Crippen molar-refractivity contribution >= 4 is 16.8 Å². The van der Waals surface area contributed by atoms with Gasteiger partial charge in [-0.25, -0.2) is 4.79 Å². The average Bonchev–Trinajstić information content (AvgIpc) is 1.88. The first-order valence-electron chi connectivity index (χ1n) is 2.71. The van der Waals surface area contributed by atoms with Gasteiger partial charge in [0.25, 0.3) is 0 Å². The maximum absolute atomic E-state index is 10.7. The van der Waals surface area contributed by atoms with Gasteiger partial charge in [0.05, 0.1) is 17.9 Å². The van der Waals surface area contributed by atoms with Crippen LogP contribution in [0.2, 0.25) is 0 Å². The van der Waals surface area contributed by atoms with Crippen molar-refractivity contribution in [3.8, 4) is 0 Å². The number of methoxy groups -OCH3 is 1. The fourth-order valence-electron chi connectivity index (χ4n) is 0.502. The average molecular weight is 162 g/mol. The molecule has 0 aliphatic rings. The zero-order valence-electron chi connectivity index (χ0n) is 6.21. The van der Waals surface area contributed by atoms with Gasteiger partial charge in [0.1, 0.15) is 4.91 Å². The molecule has 0 spiro atoms. The minimum Gasteiger partial charge on any atom is -0.465 e. The van der Waals surface area contributed by atoms with E-state index in [4.69, 9.17) is 0 Å². The molecule has 0 aromatic rings. The molecule has 0 bridgehead atoms. The van der Waals surface area contributed by atoms with Crippen LogP contribution in [-0.2, 0) is 20.3 Å². The van der Waals surface area contributed by atoms with Gasteiger partial charge >= 0.3 is 5.97 Å². The van der Waals surface area contributed by atoms with E-state index < -0.39 is 16.8 Å². The number of ether oxygens (including phenoxy) is 1. The van der Waals surface area contributed by atoms with Crippen LogP contribution in [-0.4, -0.2) is 23.5 Å². The van der Waals surface area contributed by atoms with Crippen molar-refractivity contribution in [2.24, 2.45) is 0 Å². The van der Waals surface area contributed by atoms with Gasteiger partial charge in [0.2, 0.25) is 0 Å². The molecular weight excluding hydrogens is 152 g/mol. The molecule has 0 heterocycles. The smallest absolute Gasteiger partial charge is 0.346 e. The first kappa shape index (κ1) is 9.36. The fraction of sp³-hybridized carbons (Fsp3) is 0.500. The standard InChI is InChI=1S/C6H10O3S/c1-4-5(10(3)8)6(7)9-2/h4H,1-3H3/b5-4-. The molecule has 4 heteroatoms. The number of hydrogen-bond acceptors (Lipinski definition) is 3. The number of carbonyl (C=O) groups is 1. The summed E-state index contributed by atoms with van der Waals surface area (Å²) in [4.78, 5) is 10.9. The molecule has 10 heavy (non-hydrogen) atoms. The Balaban J connectivity index is 4.39. The Labute approximate surface area is 62.5 Å². The number of hydrogen-bond donors (Lipinski definition) is 0. The van der Waals surface area contributed by atoms with Crippen molar-refractivity contribution < 1.29 is 13.7 Å². The molecule has 1 atom stereocenters. The van der Waals surface area contributed by atoms with Crippen LogP contribution in [0.15, 0.2) is 11.0 Å². The van der Waals surface area contributed by atoms with E-state index in [9.17, 15) is 9.00 Å². The molecule has 0 aromatic heterocycles. The number of esters is 1. The molecule has 0 rings (SSSR count). The molecule has 0 aliphatic heterocycles. The van der Waals surface area contributed by atoms with Crippen molar-refractivity contribution in [3.63, 3.8) is 0 Å². The maximum atomic E-state index is 10.7. The highest BCUT2D eigenvalue weighted by atomic mass is 32.2. The summed E-state index contributed by atoms with van der Waals surface area (Å²) < 4.78 is 15.1. The van der Waals surface area contributed by atoms with Crippen molar-refractivity contribution in [1.29, 1.82) is 0 Å². The van der Waals surface area contributed by atoms with Gasteiger partial charge in [0.15, 0.2) is 0 Å². The summed E-state index contributed by atoms with van der Waals surface area (Å²) >= 11 is 0. The van der Waals surface area contributed by atoms with E-state index >= 15 is 0 Å². The SMILES string of the molecule is C/C=C(/C(=O)OC)S(C)=O. The predicted molar refractivity (Wildman–Crippen MR) is 39.8 cm³/mol. The summed E-state index contributed by atoms with van der Waals surface area (Å²) in [6.45, 7) is 1.65. The number of allylic oxidation sites excluding steroid dienone is 1. The molecular formula is C6H10O3S.